The predicted molar refractivity (Wildman–Crippen MR) is 127 cm³/mol. The molecule has 2 unspecified atom stereocenters. The highest BCUT2D eigenvalue weighted by Crippen LogP contribution is 2.65. The van der Waals surface area contributed by atoms with Crippen molar-refractivity contribution in [3.63, 3.8) is 0 Å². The van der Waals surface area contributed by atoms with Gasteiger partial charge in [0.25, 0.3) is 0 Å². The summed E-state index contributed by atoms with van der Waals surface area (Å²) in [6, 6.07) is 14.1. The van der Waals surface area contributed by atoms with Crippen LogP contribution in [0, 0.1) is 11.7 Å². The minimum Gasteiger partial charge on any atom is -0.326 e. The average Bonchev–Trinajstić information content (AvgIpc) is 3.38. The van der Waals surface area contributed by atoms with E-state index in [0.717, 1.165) is 12.1 Å². The fraction of sp³-hybridized carbons (Fsp3) is 0.200. The number of benzene rings is 3. The molecule has 1 aliphatic rings. The van der Waals surface area contributed by atoms with Gasteiger partial charge >= 0.3 is 6.18 Å². The number of carbonyl (C=O) groups is 2. The molecule has 1 saturated carbocycles. The van der Waals surface area contributed by atoms with Crippen molar-refractivity contribution in [3.05, 3.63) is 99.8 Å². The Balaban J connectivity index is 1.48. The normalized spacial score (nSPS) is 18.7. The van der Waals surface area contributed by atoms with Crippen LogP contribution in [-0.2, 0) is 17.4 Å². The third-order valence-corrected chi connectivity index (χ3v) is 7.02. The molecular formula is C25H16Cl3F4NO2. The number of alkyl halides is 5. The van der Waals surface area contributed by atoms with Crippen LogP contribution < -0.4 is 5.32 Å². The summed E-state index contributed by atoms with van der Waals surface area (Å²) in [6.45, 7) is 0. The van der Waals surface area contributed by atoms with Crippen molar-refractivity contribution in [1.29, 1.82) is 0 Å². The Morgan fingerprint density at radius 1 is 0.943 bits per heavy atom. The van der Waals surface area contributed by atoms with Gasteiger partial charge in [0, 0.05) is 23.6 Å². The number of amides is 1. The molecule has 1 aliphatic carbocycles. The standard InChI is InChI=1S/C25H16Cl3F4NO2/c26-19-10-9-17(12-18(19)20(34)11-13-1-7-16(29)8-2-13)33-23(35)22-21(24(22,27)28)14-3-5-15(6-4-14)25(30,31)32/h1-10,12,21-22H,11H2,(H,33,35). The van der Waals surface area contributed by atoms with E-state index in [9.17, 15) is 27.2 Å². The lowest BCUT2D eigenvalue weighted by Gasteiger charge is -2.10. The van der Waals surface area contributed by atoms with Gasteiger partial charge in [0.2, 0.25) is 5.91 Å². The Hall–Kier alpha value is -2.61. The summed E-state index contributed by atoms with van der Waals surface area (Å²) in [5.41, 5.74) is 0.593. The van der Waals surface area contributed by atoms with E-state index >= 15 is 0 Å². The summed E-state index contributed by atoms with van der Waals surface area (Å²) >= 11 is 18.7. The van der Waals surface area contributed by atoms with E-state index in [1.807, 2.05) is 0 Å². The first kappa shape index (κ1) is 25.5. The first-order valence-electron chi connectivity index (χ1n) is 10.3. The Kier molecular flexibility index (Phi) is 6.88. The first-order chi connectivity index (χ1) is 16.4. The summed E-state index contributed by atoms with van der Waals surface area (Å²) in [6.07, 6.45) is -4.51. The van der Waals surface area contributed by atoms with Gasteiger partial charge in [-0.05, 0) is 53.6 Å². The molecule has 182 valence electrons. The third kappa shape index (κ3) is 5.47. The number of ketones is 1. The highest BCUT2D eigenvalue weighted by molar-refractivity contribution is 6.53. The van der Waals surface area contributed by atoms with E-state index in [1.54, 1.807) is 0 Å². The molecule has 4 rings (SSSR count). The van der Waals surface area contributed by atoms with Gasteiger partial charge in [-0.15, -0.1) is 23.2 Å². The molecule has 0 saturated heterocycles. The molecule has 0 spiro atoms. The molecule has 1 fully saturated rings. The summed E-state index contributed by atoms with van der Waals surface area (Å²) in [7, 11) is 0. The molecular weight excluding hydrogens is 529 g/mol. The number of Topliss-reactive ketones (excluding diaryl/α,β-unsaturated/α-hetero) is 1. The number of nitrogens with one attached hydrogen (secondary N) is 1. The van der Waals surface area contributed by atoms with Gasteiger partial charge in [0.1, 0.15) is 10.2 Å². The molecule has 0 radical (unpaired) electrons. The van der Waals surface area contributed by atoms with E-state index in [-0.39, 0.29) is 28.5 Å². The van der Waals surface area contributed by atoms with Crippen molar-refractivity contribution in [3.8, 4) is 0 Å². The van der Waals surface area contributed by atoms with Gasteiger partial charge in [-0.2, -0.15) is 13.2 Å². The summed E-state index contributed by atoms with van der Waals surface area (Å²) < 4.78 is 50.1. The van der Waals surface area contributed by atoms with Gasteiger partial charge in [-0.1, -0.05) is 35.9 Å². The van der Waals surface area contributed by atoms with Crippen molar-refractivity contribution in [1.82, 2.24) is 0 Å². The Morgan fingerprint density at radius 3 is 2.17 bits per heavy atom. The van der Waals surface area contributed by atoms with Crippen LogP contribution in [0.4, 0.5) is 23.2 Å². The fourth-order valence-electron chi connectivity index (χ4n) is 3.87. The maximum Gasteiger partial charge on any atom is 0.416 e. The summed E-state index contributed by atoms with van der Waals surface area (Å²) in [5.74, 6) is -2.94. The maximum atomic E-state index is 13.1. The zero-order valence-corrected chi connectivity index (χ0v) is 19.9. The molecule has 35 heavy (non-hydrogen) atoms. The van der Waals surface area contributed by atoms with Crippen LogP contribution in [0.15, 0.2) is 66.7 Å². The Morgan fingerprint density at radius 2 is 1.57 bits per heavy atom. The molecule has 1 N–H and O–H groups in total. The molecule has 3 aromatic rings. The van der Waals surface area contributed by atoms with Crippen molar-refractivity contribution < 1.29 is 27.2 Å². The highest BCUT2D eigenvalue weighted by atomic mass is 35.5. The lowest BCUT2D eigenvalue weighted by molar-refractivity contribution is -0.137. The fourth-order valence-corrected chi connectivity index (χ4v) is 4.92. The second-order valence-corrected chi connectivity index (χ2v) is 10.0. The zero-order chi connectivity index (χ0) is 25.5. The number of carbonyl (C=O) groups excluding carboxylic acids is 2. The third-order valence-electron chi connectivity index (χ3n) is 5.75. The largest absolute Gasteiger partial charge is 0.416 e. The van der Waals surface area contributed by atoms with Crippen LogP contribution in [-0.4, -0.2) is 16.0 Å². The van der Waals surface area contributed by atoms with E-state index in [2.05, 4.69) is 5.32 Å². The molecule has 3 aromatic carbocycles. The lowest BCUT2D eigenvalue weighted by atomic mass is 10.0. The number of rotatable bonds is 6. The number of halogens is 7. The summed E-state index contributed by atoms with van der Waals surface area (Å²) in [5, 5.41) is 2.81. The number of hydrogen-bond donors (Lipinski definition) is 1. The van der Waals surface area contributed by atoms with Gasteiger partial charge < -0.3 is 5.32 Å². The molecule has 0 aliphatic heterocycles. The average molecular weight is 545 g/mol. The second-order valence-electron chi connectivity index (χ2n) is 8.16. The van der Waals surface area contributed by atoms with Crippen LogP contribution in [0.5, 0.6) is 0 Å². The van der Waals surface area contributed by atoms with E-state index in [1.165, 1.54) is 54.6 Å². The molecule has 2 atom stereocenters. The van der Waals surface area contributed by atoms with Crippen LogP contribution in [0.25, 0.3) is 0 Å². The Bertz CT molecular complexity index is 1280. The van der Waals surface area contributed by atoms with E-state index in [0.29, 0.717) is 11.1 Å². The van der Waals surface area contributed by atoms with Crippen LogP contribution in [0.1, 0.15) is 33.0 Å². The minimum absolute atomic E-state index is 0.0253. The molecule has 0 heterocycles. The lowest BCUT2D eigenvalue weighted by Crippen LogP contribution is -2.17. The zero-order valence-electron chi connectivity index (χ0n) is 17.7. The minimum atomic E-state index is -4.49. The highest BCUT2D eigenvalue weighted by Gasteiger charge is 2.67. The van der Waals surface area contributed by atoms with Gasteiger partial charge in [-0.3, -0.25) is 9.59 Å². The van der Waals surface area contributed by atoms with Crippen LogP contribution >= 0.6 is 34.8 Å². The Labute approximate surface area is 213 Å². The molecule has 10 heteroatoms. The van der Waals surface area contributed by atoms with Gasteiger partial charge in [0.05, 0.1) is 16.5 Å². The van der Waals surface area contributed by atoms with Gasteiger partial charge in [-0.25, -0.2) is 4.39 Å². The number of anilines is 1. The van der Waals surface area contributed by atoms with Crippen LogP contribution in [0.3, 0.4) is 0 Å². The smallest absolute Gasteiger partial charge is 0.326 e. The molecule has 3 nitrogen and oxygen atoms in total. The van der Waals surface area contributed by atoms with Crippen molar-refractivity contribution >= 4 is 52.2 Å². The summed E-state index contributed by atoms with van der Waals surface area (Å²) in [4.78, 5) is 25.6. The van der Waals surface area contributed by atoms with Crippen molar-refractivity contribution in [2.24, 2.45) is 5.92 Å². The van der Waals surface area contributed by atoms with Crippen molar-refractivity contribution in [2.75, 3.05) is 5.32 Å². The topological polar surface area (TPSA) is 46.2 Å². The molecule has 0 aromatic heterocycles. The molecule has 1 amide bonds. The monoisotopic (exact) mass is 543 g/mol. The second kappa shape index (κ2) is 9.45. The first-order valence-corrected chi connectivity index (χ1v) is 11.4. The quantitative estimate of drug-likeness (QED) is 0.199. The molecule has 0 bridgehead atoms. The number of hydrogen-bond acceptors (Lipinski definition) is 2. The van der Waals surface area contributed by atoms with E-state index in [4.69, 9.17) is 34.8 Å². The maximum absolute atomic E-state index is 13.1. The van der Waals surface area contributed by atoms with Crippen LogP contribution in [0.2, 0.25) is 5.02 Å². The SMILES string of the molecule is O=C(Cc1ccc(F)cc1)c1cc(NC(=O)C2C(c3ccc(C(F)(F)F)cc3)C2(Cl)Cl)ccc1Cl. The predicted octanol–water partition coefficient (Wildman–Crippen LogP) is 7.45. The van der Waals surface area contributed by atoms with E-state index < -0.39 is 39.6 Å². The van der Waals surface area contributed by atoms with Gasteiger partial charge in [0.15, 0.2) is 5.78 Å². The van der Waals surface area contributed by atoms with Crippen molar-refractivity contribution in [2.45, 2.75) is 22.8 Å².